The van der Waals surface area contributed by atoms with Gasteiger partial charge in [0.2, 0.25) is 5.91 Å². The van der Waals surface area contributed by atoms with Crippen LogP contribution in [0, 0.1) is 0 Å². The number of thiophene rings is 1. The Morgan fingerprint density at radius 2 is 1.82 bits per heavy atom. The third-order valence-electron chi connectivity index (χ3n) is 2.72. The first-order chi connectivity index (χ1) is 10.2. The van der Waals surface area contributed by atoms with E-state index in [9.17, 15) is 14.4 Å². The lowest BCUT2D eigenvalue weighted by molar-refractivity contribution is -0.123. The van der Waals surface area contributed by atoms with Crippen LogP contribution in [0.5, 0.6) is 0 Å². The summed E-state index contributed by atoms with van der Waals surface area (Å²) in [6.45, 7) is 7.83. The number of ether oxygens (including phenoxy) is 1. The van der Waals surface area contributed by atoms with Crippen LogP contribution in [0.2, 0.25) is 0 Å². The molecule has 0 aliphatic rings. The van der Waals surface area contributed by atoms with Crippen molar-refractivity contribution in [2.45, 2.75) is 33.2 Å². The molecule has 0 radical (unpaired) electrons. The highest BCUT2D eigenvalue weighted by molar-refractivity contribution is 7.15. The minimum atomic E-state index is -0.474. The largest absolute Gasteiger partial charge is 0.465 e. The summed E-state index contributed by atoms with van der Waals surface area (Å²) in [5.74, 6) is -0.961. The van der Waals surface area contributed by atoms with Crippen LogP contribution >= 0.6 is 11.3 Å². The average molecular weight is 326 g/mol. The van der Waals surface area contributed by atoms with Gasteiger partial charge in [0.25, 0.3) is 5.91 Å². The normalized spacial score (nSPS) is 11.0. The van der Waals surface area contributed by atoms with Gasteiger partial charge < -0.3 is 15.0 Å². The Hall–Kier alpha value is -1.89. The van der Waals surface area contributed by atoms with Crippen LogP contribution in [-0.4, -0.2) is 48.4 Å². The molecule has 0 spiro atoms. The number of nitrogens with one attached hydrogen (secondary N) is 1. The van der Waals surface area contributed by atoms with E-state index in [2.05, 4.69) is 10.1 Å². The first-order valence-corrected chi connectivity index (χ1v) is 7.78. The van der Waals surface area contributed by atoms with E-state index in [-0.39, 0.29) is 23.9 Å². The van der Waals surface area contributed by atoms with Crippen LogP contribution in [0.3, 0.4) is 0 Å². The number of hydrogen-bond donors (Lipinski definition) is 1. The summed E-state index contributed by atoms with van der Waals surface area (Å²) in [7, 11) is 1.29. The van der Waals surface area contributed by atoms with Gasteiger partial charge in [-0.25, -0.2) is 4.79 Å². The molecule has 0 unspecified atom stereocenters. The van der Waals surface area contributed by atoms with Crippen molar-refractivity contribution < 1.29 is 19.1 Å². The monoisotopic (exact) mass is 326 g/mol. The molecule has 0 aromatic carbocycles. The smallest absolute Gasteiger partial charge is 0.348 e. The summed E-state index contributed by atoms with van der Waals surface area (Å²) in [6.07, 6.45) is 0. The van der Waals surface area contributed by atoms with E-state index in [1.165, 1.54) is 12.0 Å². The van der Waals surface area contributed by atoms with Gasteiger partial charge in [0.1, 0.15) is 4.88 Å². The minimum absolute atomic E-state index is 0.0158. The van der Waals surface area contributed by atoms with Gasteiger partial charge in [-0.05, 0) is 39.8 Å². The van der Waals surface area contributed by atoms with Gasteiger partial charge >= 0.3 is 5.97 Å². The first kappa shape index (κ1) is 18.2. The van der Waals surface area contributed by atoms with E-state index < -0.39 is 5.97 Å². The van der Waals surface area contributed by atoms with Gasteiger partial charge in [0, 0.05) is 12.1 Å². The van der Waals surface area contributed by atoms with E-state index in [0.717, 1.165) is 11.3 Å². The summed E-state index contributed by atoms with van der Waals surface area (Å²) in [6, 6.07) is 3.12. The SMILES string of the molecule is CCN(CC(=O)NC(C)(C)C)C(=O)c1ccc(C(=O)OC)s1. The highest BCUT2D eigenvalue weighted by Crippen LogP contribution is 2.19. The fourth-order valence-electron chi connectivity index (χ4n) is 1.78. The molecule has 22 heavy (non-hydrogen) atoms. The molecule has 0 fully saturated rings. The van der Waals surface area contributed by atoms with Gasteiger partial charge in [-0.15, -0.1) is 11.3 Å². The molecule has 0 bridgehead atoms. The first-order valence-electron chi connectivity index (χ1n) is 6.96. The van der Waals surface area contributed by atoms with Crippen molar-refractivity contribution in [3.05, 3.63) is 21.9 Å². The number of rotatable bonds is 5. The Morgan fingerprint density at radius 3 is 2.32 bits per heavy atom. The molecule has 0 aliphatic heterocycles. The van der Waals surface area contributed by atoms with E-state index in [1.807, 2.05) is 20.8 Å². The highest BCUT2D eigenvalue weighted by Gasteiger charge is 2.22. The molecule has 0 atom stereocenters. The van der Waals surface area contributed by atoms with Crippen molar-refractivity contribution in [1.82, 2.24) is 10.2 Å². The van der Waals surface area contributed by atoms with Crippen molar-refractivity contribution >= 4 is 29.1 Å². The van der Waals surface area contributed by atoms with Crippen LogP contribution < -0.4 is 5.32 Å². The molecule has 1 N–H and O–H groups in total. The summed E-state index contributed by atoms with van der Waals surface area (Å²) in [5, 5.41) is 2.82. The zero-order valence-corrected chi connectivity index (χ0v) is 14.4. The predicted octanol–water partition coefficient (Wildman–Crippen LogP) is 1.91. The third kappa shape index (κ3) is 5.14. The fourth-order valence-corrected chi connectivity index (χ4v) is 2.67. The summed E-state index contributed by atoms with van der Waals surface area (Å²) < 4.78 is 4.62. The number of nitrogens with zero attached hydrogens (tertiary/aromatic N) is 1. The number of amides is 2. The molecule has 0 saturated heterocycles. The lowest BCUT2D eigenvalue weighted by atomic mass is 10.1. The number of carbonyl (C=O) groups is 3. The molecule has 122 valence electrons. The molecule has 1 aromatic rings. The van der Waals surface area contributed by atoms with E-state index in [1.54, 1.807) is 19.1 Å². The molecule has 2 amide bonds. The van der Waals surface area contributed by atoms with Crippen molar-refractivity contribution in [2.75, 3.05) is 20.2 Å². The lowest BCUT2D eigenvalue weighted by Crippen LogP contribution is -2.47. The Kier molecular flexibility index (Phi) is 6.11. The second kappa shape index (κ2) is 7.40. The number of methoxy groups -OCH3 is 1. The Bertz CT molecular complexity index is 560. The van der Waals surface area contributed by atoms with Crippen LogP contribution in [0.1, 0.15) is 47.0 Å². The van der Waals surface area contributed by atoms with Gasteiger partial charge in [-0.3, -0.25) is 9.59 Å². The second-order valence-electron chi connectivity index (χ2n) is 5.77. The lowest BCUT2D eigenvalue weighted by Gasteiger charge is -2.24. The maximum atomic E-state index is 12.4. The summed E-state index contributed by atoms with van der Waals surface area (Å²) in [4.78, 5) is 38.0. The van der Waals surface area contributed by atoms with Gasteiger partial charge in [0.15, 0.2) is 0 Å². The number of carbonyl (C=O) groups excluding carboxylic acids is 3. The van der Waals surface area contributed by atoms with Crippen LogP contribution in [0.25, 0.3) is 0 Å². The Balaban J connectivity index is 2.78. The molecule has 7 heteroatoms. The van der Waals surface area contributed by atoms with E-state index >= 15 is 0 Å². The number of esters is 1. The standard InChI is InChI=1S/C15H22N2O4S/c1-6-17(9-12(18)16-15(2,3)4)13(19)10-7-8-11(22-10)14(20)21-5/h7-8H,6,9H2,1-5H3,(H,16,18). The maximum Gasteiger partial charge on any atom is 0.348 e. The Labute approximate surface area is 134 Å². The number of likely N-dealkylation sites (N-methyl/N-ethyl adjacent to an activating group) is 1. The average Bonchev–Trinajstić information content (AvgIpc) is 2.90. The maximum absolute atomic E-state index is 12.4. The predicted molar refractivity (Wildman–Crippen MR) is 85.1 cm³/mol. The molecular formula is C15H22N2O4S. The summed E-state index contributed by atoms with van der Waals surface area (Å²) in [5.41, 5.74) is -0.347. The van der Waals surface area contributed by atoms with Gasteiger partial charge in [0.05, 0.1) is 18.5 Å². The Morgan fingerprint density at radius 1 is 1.23 bits per heavy atom. The molecule has 6 nitrogen and oxygen atoms in total. The molecule has 1 rings (SSSR count). The molecule has 1 aromatic heterocycles. The summed E-state index contributed by atoms with van der Waals surface area (Å²) >= 11 is 1.06. The molecule has 1 heterocycles. The van der Waals surface area contributed by atoms with Crippen LogP contribution in [0.15, 0.2) is 12.1 Å². The molecule has 0 aliphatic carbocycles. The van der Waals surface area contributed by atoms with Crippen molar-refractivity contribution in [2.24, 2.45) is 0 Å². The zero-order valence-electron chi connectivity index (χ0n) is 13.6. The fraction of sp³-hybridized carbons (Fsp3) is 0.533. The third-order valence-corrected chi connectivity index (χ3v) is 3.77. The van der Waals surface area contributed by atoms with Crippen molar-refractivity contribution in [3.8, 4) is 0 Å². The quantitative estimate of drug-likeness (QED) is 0.839. The van der Waals surface area contributed by atoms with E-state index in [4.69, 9.17) is 0 Å². The number of hydrogen-bond acceptors (Lipinski definition) is 5. The second-order valence-corrected chi connectivity index (χ2v) is 6.86. The highest BCUT2D eigenvalue weighted by atomic mass is 32.1. The van der Waals surface area contributed by atoms with Gasteiger partial charge in [-0.1, -0.05) is 0 Å². The van der Waals surface area contributed by atoms with Gasteiger partial charge in [-0.2, -0.15) is 0 Å². The zero-order chi connectivity index (χ0) is 16.9. The van der Waals surface area contributed by atoms with Crippen LogP contribution in [-0.2, 0) is 9.53 Å². The van der Waals surface area contributed by atoms with Crippen LogP contribution in [0.4, 0.5) is 0 Å². The molecule has 0 saturated carbocycles. The minimum Gasteiger partial charge on any atom is -0.465 e. The van der Waals surface area contributed by atoms with Crippen molar-refractivity contribution in [3.63, 3.8) is 0 Å². The topological polar surface area (TPSA) is 75.7 Å². The van der Waals surface area contributed by atoms with Crippen molar-refractivity contribution in [1.29, 1.82) is 0 Å². The van der Waals surface area contributed by atoms with E-state index in [0.29, 0.717) is 16.3 Å². The molecular weight excluding hydrogens is 304 g/mol.